The van der Waals surface area contributed by atoms with Crippen LogP contribution in [-0.2, 0) is 11.3 Å². The molecule has 0 aliphatic carbocycles. The van der Waals surface area contributed by atoms with Crippen LogP contribution in [0.25, 0.3) is 21.3 Å². The van der Waals surface area contributed by atoms with Gasteiger partial charge in [0.25, 0.3) is 5.56 Å². The van der Waals surface area contributed by atoms with Crippen LogP contribution < -0.4 is 10.9 Å². The van der Waals surface area contributed by atoms with Crippen LogP contribution in [0.4, 0.5) is 9.18 Å². The minimum atomic E-state index is -1.13. The third kappa shape index (κ3) is 5.85. The predicted molar refractivity (Wildman–Crippen MR) is 130 cm³/mol. The predicted octanol–water partition coefficient (Wildman–Crippen LogP) is 3.06. The highest BCUT2D eigenvalue weighted by atomic mass is 32.1. The van der Waals surface area contributed by atoms with E-state index in [1.165, 1.54) is 34.4 Å². The Bertz CT molecular complexity index is 1270. The van der Waals surface area contributed by atoms with Gasteiger partial charge in [0, 0.05) is 37.0 Å². The highest BCUT2D eigenvalue weighted by Gasteiger charge is 2.34. The van der Waals surface area contributed by atoms with Crippen molar-refractivity contribution in [1.82, 2.24) is 19.8 Å². The second-order valence-electron chi connectivity index (χ2n) is 8.81. The summed E-state index contributed by atoms with van der Waals surface area (Å²) in [5.74, 6) is -0.354. The van der Waals surface area contributed by atoms with Crippen LogP contribution >= 0.6 is 11.3 Å². The Hall–Kier alpha value is -3.31. The Morgan fingerprint density at radius 2 is 1.89 bits per heavy atom. The lowest BCUT2D eigenvalue weighted by molar-refractivity contribution is -0.136. The van der Waals surface area contributed by atoms with E-state index < -0.39 is 11.7 Å². The van der Waals surface area contributed by atoms with E-state index in [4.69, 9.17) is 5.11 Å². The maximum atomic E-state index is 13.3. The molecule has 3 heterocycles. The highest BCUT2D eigenvalue weighted by molar-refractivity contribution is 7.17. The van der Waals surface area contributed by atoms with Crippen LogP contribution in [0.2, 0.25) is 0 Å². The number of hydrogen-bond acceptors (Lipinski definition) is 6. The fourth-order valence-electron chi connectivity index (χ4n) is 4.29. The summed E-state index contributed by atoms with van der Waals surface area (Å²) < 4.78 is 15.2. The molecule has 4 rings (SSSR count). The third-order valence-electron chi connectivity index (χ3n) is 6.31. The lowest BCUT2D eigenvalue weighted by atomic mass is 9.91. The number of carboxylic acid groups (broad SMARTS) is 1. The molecule has 3 N–H and O–H groups in total. The lowest BCUT2D eigenvalue weighted by Crippen LogP contribution is -2.49. The van der Waals surface area contributed by atoms with Gasteiger partial charge in [0.2, 0.25) is 5.91 Å². The number of nitrogens with one attached hydrogen (secondary N) is 1. The maximum Gasteiger partial charge on any atom is 0.404 e. The minimum absolute atomic E-state index is 0.0189. The number of carbonyl (C=O) groups excluding carboxylic acids is 1. The number of halogens is 1. The summed E-state index contributed by atoms with van der Waals surface area (Å²) in [6, 6.07) is 6.02. The van der Waals surface area contributed by atoms with Crippen LogP contribution in [0.15, 0.2) is 40.8 Å². The van der Waals surface area contributed by atoms with Gasteiger partial charge in [0.15, 0.2) is 0 Å². The van der Waals surface area contributed by atoms with Gasteiger partial charge in [-0.3, -0.25) is 14.2 Å². The van der Waals surface area contributed by atoms with Crippen molar-refractivity contribution in [2.24, 2.45) is 0 Å². The van der Waals surface area contributed by atoms with Gasteiger partial charge in [-0.15, -0.1) is 11.3 Å². The number of unbranched alkanes of at least 4 members (excludes halogenated alkanes) is 1. The van der Waals surface area contributed by atoms with Gasteiger partial charge in [-0.1, -0.05) is 12.1 Å². The molecular weight excluding hydrogens is 475 g/mol. The molecule has 0 unspecified atom stereocenters. The molecule has 186 valence electrons. The molecular formula is C24H27FN4O5S. The Balaban J connectivity index is 1.36. The fraction of sp³-hybridized carbons (Fsp3) is 0.417. The van der Waals surface area contributed by atoms with E-state index >= 15 is 0 Å². The van der Waals surface area contributed by atoms with Crippen molar-refractivity contribution in [2.45, 2.75) is 44.2 Å². The van der Waals surface area contributed by atoms with E-state index in [-0.39, 0.29) is 23.8 Å². The van der Waals surface area contributed by atoms with E-state index in [2.05, 4.69) is 10.3 Å². The third-order valence-corrected chi connectivity index (χ3v) is 7.26. The molecule has 1 saturated heterocycles. The first kappa shape index (κ1) is 24.8. The number of hydrogen-bond donors (Lipinski definition) is 3. The Kier molecular flexibility index (Phi) is 7.46. The molecule has 35 heavy (non-hydrogen) atoms. The van der Waals surface area contributed by atoms with Crippen molar-refractivity contribution < 1.29 is 24.2 Å². The van der Waals surface area contributed by atoms with Gasteiger partial charge in [-0.25, -0.2) is 14.2 Å². The number of aromatic nitrogens is 2. The van der Waals surface area contributed by atoms with Gasteiger partial charge in [-0.2, -0.15) is 0 Å². The van der Waals surface area contributed by atoms with Crippen molar-refractivity contribution in [2.75, 3.05) is 19.6 Å². The SMILES string of the molecule is O=C(O)NCCCCC(=O)N1CCC(O)(Cn2cnc3c(-c4ccc(F)cc4)csc3c2=O)CC1. The van der Waals surface area contributed by atoms with E-state index in [0.717, 1.165) is 11.1 Å². The van der Waals surface area contributed by atoms with E-state index in [1.54, 1.807) is 17.0 Å². The number of fused-ring (bicyclic) bond motifs is 1. The standard InChI is InChI=1S/C24H27FN4O5S/c25-17-6-4-16(5-7-17)18-13-35-21-20(18)27-15-29(22(21)31)14-24(34)8-11-28(12-9-24)19(30)3-1-2-10-26-23(32)33/h4-7,13,15,26,34H,1-3,8-12,14H2,(H,32,33). The topological polar surface area (TPSA) is 125 Å². The van der Waals surface area contributed by atoms with Gasteiger partial charge in [-0.05, 0) is 43.4 Å². The number of benzene rings is 1. The van der Waals surface area contributed by atoms with Crippen molar-refractivity contribution in [3.8, 4) is 11.1 Å². The molecule has 2 aromatic heterocycles. The van der Waals surface area contributed by atoms with E-state index in [1.807, 2.05) is 5.38 Å². The molecule has 2 amide bonds. The van der Waals surface area contributed by atoms with Gasteiger partial charge in [0.1, 0.15) is 10.5 Å². The molecule has 1 fully saturated rings. The van der Waals surface area contributed by atoms with Crippen molar-refractivity contribution in [3.63, 3.8) is 0 Å². The number of amides is 2. The number of piperidine rings is 1. The summed E-state index contributed by atoms with van der Waals surface area (Å²) >= 11 is 1.27. The van der Waals surface area contributed by atoms with Crippen molar-refractivity contribution >= 4 is 33.6 Å². The first-order valence-electron chi connectivity index (χ1n) is 11.5. The minimum Gasteiger partial charge on any atom is -0.465 e. The quantitative estimate of drug-likeness (QED) is 0.407. The van der Waals surface area contributed by atoms with Gasteiger partial charge < -0.3 is 20.4 Å². The van der Waals surface area contributed by atoms with Crippen LogP contribution in [0.3, 0.4) is 0 Å². The molecule has 1 aliphatic heterocycles. The molecule has 3 aromatic rings. The van der Waals surface area contributed by atoms with Crippen molar-refractivity contribution in [1.29, 1.82) is 0 Å². The normalized spacial score (nSPS) is 15.3. The molecule has 0 radical (unpaired) electrons. The molecule has 1 aliphatic rings. The number of likely N-dealkylation sites (tertiary alicyclic amines) is 1. The number of thiophene rings is 1. The van der Waals surface area contributed by atoms with Crippen molar-refractivity contribution in [3.05, 3.63) is 52.1 Å². The van der Waals surface area contributed by atoms with Gasteiger partial charge >= 0.3 is 6.09 Å². The molecule has 9 nitrogen and oxygen atoms in total. The summed E-state index contributed by atoms with van der Waals surface area (Å²) in [7, 11) is 0. The Morgan fingerprint density at radius 1 is 1.17 bits per heavy atom. The summed E-state index contributed by atoms with van der Waals surface area (Å²) in [5.41, 5.74) is 0.719. The summed E-state index contributed by atoms with van der Waals surface area (Å²) in [6.45, 7) is 1.17. The first-order valence-corrected chi connectivity index (χ1v) is 12.3. The average molecular weight is 503 g/mol. The molecule has 0 saturated carbocycles. The number of aliphatic hydroxyl groups is 1. The van der Waals surface area contributed by atoms with E-state index in [0.29, 0.717) is 62.0 Å². The zero-order chi connectivity index (χ0) is 25.0. The fourth-order valence-corrected chi connectivity index (χ4v) is 5.27. The first-order chi connectivity index (χ1) is 16.8. The lowest BCUT2D eigenvalue weighted by Gasteiger charge is -2.38. The van der Waals surface area contributed by atoms with Crippen LogP contribution in [0.1, 0.15) is 32.1 Å². The second kappa shape index (κ2) is 10.5. The number of rotatable bonds is 8. The molecule has 0 spiro atoms. The Labute approximate surface area is 204 Å². The number of carbonyl (C=O) groups is 2. The molecule has 11 heteroatoms. The molecule has 1 aromatic carbocycles. The highest BCUT2D eigenvalue weighted by Crippen LogP contribution is 2.31. The van der Waals surface area contributed by atoms with Crippen LogP contribution in [-0.4, -0.2) is 61.9 Å². The zero-order valence-electron chi connectivity index (χ0n) is 19.1. The maximum absolute atomic E-state index is 13.3. The molecule has 0 atom stereocenters. The zero-order valence-corrected chi connectivity index (χ0v) is 19.9. The Morgan fingerprint density at radius 3 is 2.57 bits per heavy atom. The summed E-state index contributed by atoms with van der Waals surface area (Å²) in [4.78, 5) is 42.1. The molecule has 0 bridgehead atoms. The smallest absolute Gasteiger partial charge is 0.404 e. The van der Waals surface area contributed by atoms with Crippen LogP contribution in [0, 0.1) is 5.82 Å². The van der Waals surface area contributed by atoms with Gasteiger partial charge in [0.05, 0.1) is 24.0 Å². The van der Waals surface area contributed by atoms with E-state index in [9.17, 15) is 23.9 Å². The number of nitrogens with zero attached hydrogens (tertiary/aromatic N) is 3. The monoisotopic (exact) mass is 502 g/mol. The second-order valence-corrected chi connectivity index (χ2v) is 9.69. The summed E-state index contributed by atoms with van der Waals surface area (Å²) in [6.07, 6.45) is 2.54. The largest absolute Gasteiger partial charge is 0.465 e. The summed E-state index contributed by atoms with van der Waals surface area (Å²) in [5, 5.41) is 23.8. The average Bonchev–Trinajstić information content (AvgIpc) is 3.26. The van der Waals surface area contributed by atoms with Crippen LogP contribution in [0.5, 0.6) is 0 Å².